The number of aryl methyl sites for hydroxylation is 2. The molecular formula is C49H43N7O10S2. The number of aromatic nitrogens is 2. The topological polar surface area (TPSA) is 225 Å². The first-order valence-corrected chi connectivity index (χ1v) is 22.3. The van der Waals surface area contributed by atoms with Gasteiger partial charge < -0.3 is 34.9 Å². The van der Waals surface area contributed by atoms with E-state index in [1.165, 1.54) is 43.9 Å². The van der Waals surface area contributed by atoms with Crippen LogP contribution in [0.4, 0.5) is 31.2 Å². The van der Waals surface area contributed by atoms with E-state index in [2.05, 4.69) is 36.6 Å². The fourth-order valence-electron chi connectivity index (χ4n) is 6.54. The second-order valence-electron chi connectivity index (χ2n) is 14.7. The number of benzene rings is 5. The van der Waals surface area contributed by atoms with Crippen LogP contribution in [0.1, 0.15) is 63.1 Å². The standard InChI is InChI=1S/C49H43N7O10S2/c1-28-13-19-38(36(21-28)43(58)34-9-5-7-11-40(34)63-3)53-46(61)55-48-51-24-32(67-48)23-50-42(57)27-66-45(60)30-15-17-31(18-16-30)65-26-33-25-52-49(68-33)56-47(62)54-39-20-14-29(2)22-37(39)44(59)35-10-6-8-12-41(35)64-4/h5-22,24-25H,23,26-27H2,1-4H3,(H,50,57)(H2,51,53,55,61)(H2,52,54,56,62). The number of para-hydroxylation sites is 2. The molecule has 5 N–H and O–H groups in total. The van der Waals surface area contributed by atoms with Crippen LogP contribution in [-0.2, 0) is 22.7 Å². The number of rotatable bonds is 18. The van der Waals surface area contributed by atoms with E-state index in [1.807, 2.05) is 13.8 Å². The van der Waals surface area contributed by atoms with Gasteiger partial charge in [-0.2, -0.15) is 0 Å². The summed E-state index contributed by atoms with van der Waals surface area (Å²) < 4.78 is 21.8. The predicted molar refractivity (Wildman–Crippen MR) is 258 cm³/mol. The Kier molecular flexibility index (Phi) is 15.5. The van der Waals surface area contributed by atoms with Crippen molar-refractivity contribution in [2.24, 2.45) is 0 Å². The molecule has 0 radical (unpaired) electrons. The molecule has 68 heavy (non-hydrogen) atoms. The molecule has 0 aliphatic heterocycles. The summed E-state index contributed by atoms with van der Waals surface area (Å²) >= 11 is 2.32. The highest BCUT2D eigenvalue weighted by atomic mass is 32.1. The van der Waals surface area contributed by atoms with Crippen LogP contribution in [0.25, 0.3) is 0 Å². The summed E-state index contributed by atoms with van der Waals surface area (Å²) in [7, 11) is 2.97. The fourth-order valence-corrected chi connectivity index (χ4v) is 8.01. The Labute approximate surface area is 397 Å². The first kappa shape index (κ1) is 47.5. The third-order valence-electron chi connectivity index (χ3n) is 9.85. The number of carbonyl (C=O) groups excluding carboxylic acids is 6. The maximum Gasteiger partial charge on any atom is 0.338 e. The molecule has 2 aromatic heterocycles. The minimum absolute atomic E-state index is 0.0609. The van der Waals surface area contributed by atoms with Crippen molar-refractivity contribution in [1.82, 2.24) is 15.3 Å². The van der Waals surface area contributed by atoms with E-state index in [-0.39, 0.29) is 41.0 Å². The Morgan fingerprint density at radius 1 is 0.574 bits per heavy atom. The van der Waals surface area contributed by atoms with Gasteiger partial charge in [-0.1, -0.05) is 70.2 Å². The molecule has 0 saturated carbocycles. The molecule has 0 spiro atoms. The molecule has 5 aromatic carbocycles. The molecule has 0 aliphatic carbocycles. The monoisotopic (exact) mass is 953 g/mol. The van der Waals surface area contributed by atoms with Gasteiger partial charge in [0.15, 0.2) is 28.4 Å². The van der Waals surface area contributed by atoms with Crippen LogP contribution in [0, 0.1) is 13.8 Å². The van der Waals surface area contributed by atoms with E-state index in [0.717, 1.165) is 22.5 Å². The summed E-state index contributed by atoms with van der Waals surface area (Å²) in [4.78, 5) is 87.9. The number of amides is 5. The molecule has 0 aliphatic rings. The molecule has 5 amide bonds. The lowest BCUT2D eigenvalue weighted by molar-refractivity contribution is -0.124. The maximum absolute atomic E-state index is 13.5. The van der Waals surface area contributed by atoms with E-state index in [9.17, 15) is 28.8 Å². The van der Waals surface area contributed by atoms with Crippen LogP contribution < -0.4 is 40.8 Å². The first-order chi connectivity index (χ1) is 32.9. The third kappa shape index (κ3) is 12.3. The number of hydrogen-bond donors (Lipinski definition) is 5. The van der Waals surface area contributed by atoms with E-state index >= 15 is 0 Å². The number of thiazole rings is 2. The molecule has 346 valence electrons. The van der Waals surface area contributed by atoms with Gasteiger partial charge in [-0.15, -0.1) is 0 Å². The van der Waals surface area contributed by atoms with E-state index in [4.69, 9.17) is 18.9 Å². The SMILES string of the molecule is COc1ccccc1C(=O)c1cc(C)ccc1NC(=O)Nc1ncc(CNC(=O)COC(=O)c2ccc(OCc3cnc(NC(=O)Nc4ccc(C)cc4C(=O)c4ccccc4OC)s3)cc2)s1. The van der Waals surface area contributed by atoms with Gasteiger partial charge in [0.1, 0.15) is 23.9 Å². The molecule has 0 bridgehead atoms. The quantitative estimate of drug-likeness (QED) is 0.0401. The average molecular weight is 954 g/mol. The molecule has 19 heteroatoms. The van der Waals surface area contributed by atoms with Crippen LogP contribution in [-0.4, -0.2) is 66.3 Å². The number of carbonyl (C=O) groups is 6. The van der Waals surface area contributed by atoms with Crippen molar-refractivity contribution in [1.29, 1.82) is 0 Å². The molecule has 7 aromatic rings. The minimum Gasteiger partial charge on any atom is -0.496 e. The maximum atomic E-state index is 13.5. The third-order valence-corrected chi connectivity index (χ3v) is 11.7. The van der Waals surface area contributed by atoms with Crippen molar-refractivity contribution in [2.45, 2.75) is 27.0 Å². The molecule has 2 heterocycles. The lowest BCUT2D eigenvalue weighted by atomic mass is 9.99. The van der Waals surface area contributed by atoms with Gasteiger partial charge >= 0.3 is 18.0 Å². The van der Waals surface area contributed by atoms with Crippen molar-refractivity contribution in [3.05, 3.63) is 170 Å². The summed E-state index contributed by atoms with van der Waals surface area (Å²) in [5, 5.41) is 14.0. The second-order valence-corrected chi connectivity index (χ2v) is 17.0. The van der Waals surface area contributed by atoms with Gasteiger partial charge in [0.25, 0.3) is 5.91 Å². The van der Waals surface area contributed by atoms with E-state index < -0.39 is 30.5 Å². The normalized spacial score (nSPS) is 10.6. The van der Waals surface area contributed by atoms with E-state index in [0.29, 0.717) is 60.2 Å². The molecule has 0 fully saturated rings. The molecule has 7 rings (SSSR count). The van der Waals surface area contributed by atoms with Crippen molar-refractivity contribution < 1.29 is 47.7 Å². The molecule has 17 nitrogen and oxygen atoms in total. The van der Waals surface area contributed by atoms with Crippen LogP contribution >= 0.6 is 22.7 Å². The number of esters is 1. The Bertz CT molecular complexity index is 3010. The smallest absolute Gasteiger partial charge is 0.338 e. The van der Waals surface area contributed by atoms with Crippen molar-refractivity contribution in [3.63, 3.8) is 0 Å². The van der Waals surface area contributed by atoms with Gasteiger partial charge in [0.05, 0.1) is 53.7 Å². The predicted octanol–water partition coefficient (Wildman–Crippen LogP) is 9.04. The number of ketones is 2. The number of nitrogens with zero attached hydrogens (tertiary/aromatic N) is 2. The highest BCUT2D eigenvalue weighted by Gasteiger charge is 2.22. The number of methoxy groups -OCH3 is 2. The van der Waals surface area contributed by atoms with Crippen molar-refractivity contribution >= 4 is 79.8 Å². The summed E-state index contributed by atoms with van der Waals surface area (Å²) in [6, 6.07) is 28.9. The Hall–Kier alpha value is -8.42. The van der Waals surface area contributed by atoms with Crippen molar-refractivity contribution in [3.8, 4) is 17.2 Å². The number of ether oxygens (including phenoxy) is 4. The second kappa shape index (κ2) is 22.2. The number of nitrogens with one attached hydrogen (secondary N) is 5. The Morgan fingerprint density at radius 3 is 1.60 bits per heavy atom. The van der Waals surface area contributed by atoms with E-state index in [1.54, 1.807) is 103 Å². The van der Waals surface area contributed by atoms with Gasteiger partial charge in [-0.25, -0.2) is 24.4 Å². The summed E-state index contributed by atoms with van der Waals surface area (Å²) in [6.07, 6.45) is 3.04. The Balaban J connectivity index is 0.826. The number of anilines is 4. The number of urea groups is 2. The first-order valence-electron chi connectivity index (χ1n) is 20.7. The molecular weight excluding hydrogens is 911 g/mol. The zero-order chi connectivity index (χ0) is 48.2. The molecule has 0 atom stereocenters. The van der Waals surface area contributed by atoms with Gasteiger partial charge in [0.2, 0.25) is 0 Å². The minimum atomic E-state index is -0.721. The fraction of sp³-hybridized carbons (Fsp3) is 0.143. The van der Waals surface area contributed by atoms with Gasteiger partial charge in [-0.3, -0.25) is 25.0 Å². The van der Waals surface area contributed by atoms with Crippen molar-refractivity contribution in [2.75, 3.05) is 42.1 Å². The Morgan fingerprint density at radius 2 is 1.07 bits per heavy atom. The largest absolute Gasteiger partial charge is 0.496 e. The molecule has 0 unspecified atom stereocenters. The highest BCUT2D eigenvalue weighted by molar-refractivity contribution is 7.16. The van der Waals surface area contributed by atoms with Crippen LogP contribution in [0.5, 0.6) is 17.2 Å². The van der Waals surface area contributed by atoms with Gasteiger partial charge in [-0.05, 0) is 86.6 Å². The number of hydrogen-bond acceptors (Lipinski definition) is 14. The summed E-state index contributed by atoms with van der Waals surface area (Å²) in [6.45, 7) is 3.33. The van der Waals surface area contributed by atoms with Crippen LogP contribution in [0.3, 0.4) is 0 Å². The lowest BCUT2D eigenvalue weighted by Crippen LogP contribution is -2.28. The lowest BCUT2D eigenvalue weighted by Gasteiger charge is -2.13. The van der Waals surface area contributed by atoms with Crippen LogP contribution in [0.15, 0.2) is 122 Å². The molecule has 0 saturated heterocycles. The summed E-state index contributed by atoms with van der Waals surface area (Å²) in [5.41, 5.74) is 3.78. The zero-order valence-corrected chi connectivity index (χ0v) is 38.6. The average Bonchev–Trinajstić information content (AvgIpc) is 4.01. The van der Waals surface area contributed by atoms with Crippen LogP contribution in [0.2, 0.25) is 0 Å². The van der Waals surface area contributed by atoms with Gasteiger partial charge in [0, 0.05) is 28.4 Å². The summed E-state index contributed by atoms with van der Waals surface area (Å²) in [5.74, 6) is -0.628. The zero-order valence-electron chi connectivity index (χ0n) is 37.0. The highest BCUT2D eigenvalue weighted by Crippen LogP contribution is 2.29.